The number of aliphatic hydroxyl groups is 1. The quantitative estimate of drug-likeness (QED) is 0.268. The van der Waals surface area contributed by atoms with Gasteiger partial charge in [-0.1, -0.05) is 24.6 Å². The van der Waals surface area contributed by atoms with E-state index in [-0.39, 0.29) is 17.5 Å². The number of aliphatic hydroxyl groups excluding tert-OH is 1. The molecule has 0 saturated heterocycles. The summed E-state index contributed by atoms with van der Waals surface area (Å²) in [5, 5.41) is 25.2. The highest BCUT2D eigenvalue weighted by atomic mass is 35.5. The van der Waals surface area contributed by atoms with Gasteiger partial charge in [-0.3, -0.25) is 9.29 Å². The molecular formula is C21H25ClN8O4S. The summed E-state index contributed by atoms with van der Waals surface area (Å²) in [6, 6.07) is 4.15. The van der Waals surface area contributed by atoms with Crippen molar-refractivity contribution in [2.45, 2.75) is 38.0 Å². The Morgan fingerprint density at radius 1 is 1.23 bits per heavy atom. The highest BCUT2D eigenvalue weighted by Crippen LogP contribution is 2.30. The van der Waals surface area contributed by atoms with Crippen molar-refractivity contribution < 1.29 is 18.3 Å². The van der Waals surface area contributed by atoms with Gasteiger partial charge in [0, 0.05) is 30.6 Å². The largest absolute Gasteiger partial charge is 0.510 e. The molecule has 0 aliphatic carbocycles. The number of allylic oxidation sites excluding steroid dienone is 2. The van der Waals surface area contributed by atoms with Gasteiger partial charge in [0.2, 0.25) is 21.9 Å². The maximum atomic E-state index is 13.3. The van der Waals surface area contributed by atoms with Gasteiger partial charge in [0.15, 0.2) is 5.82 Å². The lowest BCUT2D eigenvalue weighted by Crippen LogP contribution is -2.32. The molecule has 3 N–H and O–H groups in total. The summed E-state index contributed by atoms with van der Waals surface area (Å²) in [7, 11) is -2.56. The van der Waals surface area contributed by atoms with E-state index in [9.17, 15) is 13.5 Å². The zero-order chi connectivity index (χ0) is 25.8. The number of sulfonamides is 1. The van der Waals surface area contributed by atoms with E-state index < -0.39 is 27.2 Å². The number of halogens is 1. The minimum absolute atomic E-state index is 0.141. The van der Waals surface area contributed by atoms with Crippen LogP contribution in [0.4, 0.5) is 5.95 Å². The molecule has 3 atom stereocenters. The average Bonchev–Trinajstić information content (AvgIpc) is 3.25. The third-order valence-corrected chi connectivity index (χ3v) is 7.45. The summed E-state index contributed by atoms with van der Waals surface area (Å²) in [6.45, 7) is 4.81. The fraction of sp³-hybridized carbons (Fsp3) is 0.333. The third-order valence-electron chi connectivity index (χ3n) is 5.40. The highest BCUT2D eigenvalue weighted by molar-refractivity contribution is 7.93. The fourth-order valence-corrected chi connectivity index (χ4v) is 4.50. The predicted molar refractivity (Wildman–Crippen MR) is 131 cm³/mol. The van der Waals surface area contributed by atoms with E-state index in [1.54, 1.807) is 32.0 Å². The molecule has 0 amide bonds. The predicted octanol–water partition coefficient (Wildman–Crippen LogP) is 3.38. The fourth-order valence-electron chi connectivity index (χ4n) is 3.17. The van der Waals surface area contributed by atoms with Gasteiger partial charge in [0.1, 0.15) is 17.3 Å². The second-order valence-corrected chi connectivity index (χ2v) is 10.1. The summed E-state index contributed by atoms with van der Waals surface area (Å²) in [4.78, 5) is 12.6. The zero-order valence-electron chi connectivity index (χ0n) is 19.4. The van der Waals surface area contributed by atoms with Crippen LogP contribution in [0, 0.1) is 5.41 Å². The van der Waals surface area contributed by atoms with E-state index in [0.29, 0.717) is 22.4 Å². The average molecular weight is 521 g/mol. The molecule has 12 nitrogen and oxygen atoms in total. The minimum Gasteiger partial charge on any atom is -0.510 e. The topological polar surface area (TPSA) is 169 Å². The van der Waals surface area contributed by atoms with Crippen LogP contribution in [-0.4, -0.2) is 61.8 Å². The molecule has 0 aliphatic heterocycles. The molecule has 0 saturated carbocycles. The van der Waals surface area contributed by atoms with Crippen LogP contribution in [0.3, 0.4) is 0 Å². The van der Waals surface area contributed by atoms with Crippen molar-refractivity contribution in [1.29, 1.82) is 5.41 Å². The first-order valence-electron chi connectivity index (χ1n) is 10.4. The van der Waals surface area contributed by atoms with Gasteiger partial charge >= 0.3 is 0 Å². The van der Waals surface area contributed by atoms with Gasteiger partial charge in [-0.25, -0.2) is 23.4 Å². The number of anilines is 1. The molecule has 3 heterocycles. The summed E-state index contributed by atoms with van der Waals surface area (Å²) in [5.74, 6) is -0.116. The maximum Gasteiger partial charge on any atom is 0.239 e. The van der Waals surface area contributed by atoms with Crippen LogP contribution in [0.25, 0.3) is 11.5 Å². The molecule has 0 aliphatic rings. The first kappa shape index (κ1) is 26.0. The normalized spacial score (nSPS) is 14.7. The SMILES string of the molecule is COc1cccc(-c2nnc(NS(=O)(=O)[C@@H](C)[C@H](C)c3ncc(Cl)cn3)n2[C@@H](C)/C(O)=C/C=N)n1. The maximum absolute atomic E-state index is 13.3. The van der Waals surface area contributed by atoms with E-state index >= 15 is 0 Å². The second kappa shape index (κ2) is 10.8. The van der Waals surface area contributed by atoms with Crippen molar-refractivity contribution >= 4 is 33.8 Å². The van der Waals surface area contributed by atoms with Crippen molar-refractivity contribution in [3.63, 3.8) is 0 Å². The molecule has 14 heteroatoms. The van der Waals surface area contributed by atoms with Crippen LogP contribution in [0.2, 0.25) is 5.02 Å². The number of nitrogens with zero attached hydrogens (tertiary/aromatic N) is 6. The van der Waals surface area contributed by atoms with E-state index in [4.69, 9.17) is 21.7 Å². The van der Waals surface area contributed by atoms with Crippen LogP contribution >= 0.6 is 11.6 Å². The van der Waals surface area contributed by atoms with Gasteiger partial charge in [0.05, 0.1) is 23.4 Å². The zero-order valence-corrected chi connectivity index (χ0v) is 21.0. The van der Waals surface area contributed by atoms with Crippen LogP contribution < -0.4 is 9.46 Å². The van der Waals surface area contributed by atoms with E-state index in [1.807, 2.05) is 0 Å². The van der Waals surface area contributed by atoms with Crippen molar-refractivity contribution in [2.75, 3.05) is 11.8 Å². The number of hydrogen-bond acceptors (Lipinski definition) is 10. The number of aromatic nitrogens is 6. The Kier molecular flexibility index (Phi) is 8.02. The standard InChI is InChI=1S/C21H25ClN8O4S/c1-12(19-24-10-15(22)11-25-19)14(3)35(32,33)29-21-28-27-20(16-6-5-7-18(26-16)34-4)30(21)13(2)17(31)8-9-23/h5-14,23,31H,1-4H3,(H,28,29)/b17-8-,23-9?/t12-,13-,14-/m0/s1. The number of hydrogen-bond donors (Lipinski definition) is 3. The lowest BCUT2D eigenvalue weighted by Gasteiger charge is -2.22. The van der Waals surface area contributed by atoms with Gasteiger partial charge in [-0.05, 0) is 26.0 Å². The molecule has 3 aromatic rings. The van der Waals surface area contributed by atoms with E-state index in [2.05, 4.69) is 29.9 Å². The van der Waals surface area contributed by atoms with Crippen molar-refractivity contribution in [1.82, 2.24) is 29.7 Å². The van der Waals surface area contributed by atoms with Gasteiger partial charge in [-0.2, -0.15) is 0 Å². The summed E-state index contributed by atoms with van der Waals surface area (Å²) in [5.41, 5.74) is 0.341. The lowest BCUT2D eigenvalue weighted by atomic mass is 10.1. The van der Waals surface area contributed by atoms with E-state index in [1.165, 1.54) is 37.1 Å². The highest BCUT2D eigenvalue weighted by Gasteiger charge is 2.32. The Bertz CT molecular complexity index is 1330. The molecule has 0 unspecified atom stereocenters. The third kappa shape index (κ3) is 5.74. The van der Waals surface area contributed by atoms with Gasteiger partial charge in [0.25, 0.3) is 0 Å². The van der Waals surface area contributed by atoms with Crippen LogP contribution in [-0.2, 0) is 10.0 Å². The lowest BCUT2D eigenvalue weighted by molar-refractivity contribution is 0.341. The Hall–Kier alpha value is -3.58. The Morgan fingerprint density at radius 3 is 2.54 bits per heavy atom. The molecule has 3 rings (SSSR count). The van der Waals surface area contributed by atoms with Crippen molar-refractivity contribution in [2.24, 2.45) is 0 Å². The first-order chi connectivity index (χ1) is 16.6. The van der Waals surface area contributed by atoms with Crippen LogP contribution in [0.1, 0.15) is 38.6 Å². The van der Waals surface area contributed by atoms with Gasteiger partial charge in [-0.15, -0.1) is 10.2 Å². The molecule has 35 heavy (non-hydrogen) atoms. The van der Waals surface area contributed by atoms with Gasteiger partial charge < -0.3 is 15.3 Å². The Morgan fingerprint density at radius 2 is 1.91 bits per heavy atom. The smallest absolute Gasteiger partial charge is 0.239 e. The molecule has 186 valence electrons. The second-order valence-electron chi connectivity index (χ2n) is 7.62. The van der Waals surface area contributed by atoms with Crippen LogP contribution in [0.5, 0.6) is 5.88 Å². The van der Waals surface area contributed by atoms with Crippen LogP contribution in [0.15, 0.2) is 42.4 Å². The molecule has 0 bridgehead atoms. The number of pyridine rings is 1. The summed E-state index contributed by atoms with van der Waals surface area (Å²) < 4.78 is 35.6. The van der Waals surface area contributed by atoms with Crippen molar-refractivity contribution in [3.8, 4) is 17.4 Å². The Balaban J connectivity index is 2.03. The number of methoxy groups -OCH3 is 1. The molecular weight excluding hydrogens is 496 g/mol. The number of nitrogens with one attached hydrogen (secondary N) is 2. The first-order valence-corrected chi connectivity index (χ1v) is 12.4. The summed E-state index contributed by atoms with van der Waals surface area (Å²) in [6.07, 6.45) is 4.89. The number of ether oxygens (including phenoxy) is 1. The van der Waals surface area contributed by atoms with E-state index in [0.717, 1.165) is 6.21 Å². The molecule has 0 radical (unpaired) electrons. The monoisotopic (exact) mass is 520 g/mol. The summed E-state index contributed by atoms with van der Waals surface area (Å²) >= 11 is 5.83. The molecule has 0 spiro atoms. The molecule has 0 aromatic carbocycles. The minimum atomic E-state index is -4.02. The number of rotatable bonds is 10. The van der Waals surface area contributed by atoms with Crippen molar-refractivity contribution in [3.05, 3.63) is 53.3 Å². The molecule has 3 aromatic heterocycles. The molecule has 0 fully saturated rings. The Labute approximate surface area is 207 Å².